The van der Waals surface area contributed by atoms with Crippen LogP contribution < -0.4 is 5.32 Å². The van der Waals surface area contributed by atoms with Crippen LogP contribution >= 0.6 is 11.3 Å². The van der Waals surface area contributed by atoms with E-state index >= 15 is 0 Å². The molecule has 0 aliphatic rings. The normalized spacial score (nSPS) is 10.5. The molecule has 2 rings (SSSR count). The molecule has 0 bridgehead atoms. The molecule has 0 fully saturated rings. The van der Waals surface area contributed by atoms with E-state index in [0.29, 0.717) is 6.54 Å². The Morgan fingerprint density at radius 3 is 3.00 bits per heavy atom. The molecular formula is C9H13N5S. The third kappa shape index (κ3) is 2.53. The van der Waals surface area contributed by atoms with Crippen LogP contribution in [0.4, 0.5) is 5.13 Å². The highest BCUT2D eigenvalue weighted by molar-refractivity contribution is 7.15. The molecule has 0 amide bonds. The summed E-state index contributed by atoms with van der Waals surface area (Å²) in [5.41, 5.74) is 1.02. The fourth-order valence-electron chi connectivity index (χ4n) is 1.23. The van der Waals surface area contributed by atoms with Crippen molar-refractivity contribution in [1.29, 1.82) is 0 Å². The van der Waals surface area contributed by atoms with Gasteiger partial charge in [-0.05, 0) is 19.9 Å². The molecular weight excluding hydrogens is 210 g/mol. The van der Waals surface area contributed by atoms with Crippen molar-refractivity contribution in [1.82, 2.24) is 20.0 Å². The highest BCUT2D eigenvalue weighted by Gasteiger charge is 2.04. The molecule has 0 atom stereocenters. The quantitative estimate of drug-likeness (QED) is 0.854. The Morgan fingerprint density at radius 2 is 2.33 bits per heavy atom. The van der Waals surface area contributed by atoms with Gasteiger partial charge in [0.25, 0.3) is 0 Å². The van der Waals surface area contributed by atoms with Gasteiger partial charge in [-0.1, -0.05) is 11.3 Å². The Morgan fingerprint density at radius 1 is 1.47 bits per heavy atom. The molecule has 2 aromatic heterocycles. The van der Waals surface area contributed by atoms with Crippen molar-refractivity contribution in [3.05, 3.63) is 23.0 Å². The zero-order valence-corrected chi connectivity index (χ0v) is 9.58. The summed E-state index contributed by atoms with van der Waals surface area (Å²) in [4.78, 5) is 0. The van der Waals surface area contributed by atoms with Crippen molar-refractivity contribution in [2.45, 2.75) is 20.4 Å². The van der Waals surface area contributed by atoms with Crippen LogP contribution in [0.15, 0.2) is 12.3 Å². The molecule has 0 aromatic carbocycles. The lowest BCUT2D eigenvalue weighted by molar-refractivity contribution is 0.670. The standard InChI is InChI=1S/C9H13N5S/c1-3-10-9-12-11-8(15-9)6-14-5-4-7(2)13-14/h4-5H,3,6H2,1-2H3,(H,10,12). The monoisotopic (exact) mass is 223 g/mol. The van der Waals surface area contributed by atoms with E-state index in [-0.39, 0.29) is 0 Å². The molecule has 0 aliphatic heterocycles. The van der Waals surface area contributed by atoms with Crippen LogP contribution in [0.1, 0.15) is 17.6 Å². The fourth-order valence-corrected chi connectivity index (χ4v) is 2.03. The largest absolute Gasteiger partial charge is 0.360 e. The number of rotatable bonds is 4. The Labute approximate surface area is 92.2 Å². The van der Waals surface area contributed by atoms with Gasteiger partial charge in [-0.3, -0.25) is 4.68 Å². The molecule has 5 nitrogen and oxygen atoms in total. The Balaban J connectivity index is 2.04. The molecule has 2 aromatic rings. The minimum Gasteiger partial charge on any atom is -0.360 e. The molecule has 0 unspecified atom stereocenters. The highest BCUT2D eigenvalue weighted by Crippen LogP contribution is 2.15. The summed E-state index contributed by atoms with van der Waals surface area (Å²) in [7, 11) is 0. The predicted octanol–water partition coefficient (Wildman–Crippen LogP) is 1.52. The summed E-state index contributed by atoms with van der Waals surface area (Å²) >= 11 is 1.57. The number of anilines is 1. The van der Waals surface area contributed by atoms with Crippen molar-refractivity contribution in [3.8, 4) is 0 Å². The second-order valence-corrected chi connectivity index (χ2v) is 4.25. The second-order valence-electron chi connectivity index (χ2n) is 3.19. The van der Waals surface area contributed by atoms with Crippen LogP contribution in [-0.4, -0.2) is 26.5 Å². The number of nitrogens with zero attached hydrogens (tertiary/aromatic N) is 4. The molecule has 0 saturated heterocycles. The molecule has 0 radical (unpaired) electrons. The topological polar surface area (TPSA) is 55.6 Å². The van der Waals surface area contributed by atoms with Gasteiger partial charge in [0, 0.05) is 12.7 Å². The summed E-state index contributed by atoms with van der Waals surface area (Å²) in [6.45, 7) is 5.57. The summed E-state index contributed by atoms with van der Waals surface area (Å²) < 4.78 is 1.87. The van der Waals surface area contributed by atoms with E-state index in [1.54, 1.807) is 11.3 Å². The maximum atomic E-state index is 4.30. The molecule has 80 valence electrons. The minimum atomic E-state index is 0.691. The van der Waals surface area contributed by atoms with E-state index in [4.69, 9.17) is 0 Å². The van der Waals surface area contributed by atoms with Gasteiger partial charge in [0.2, 0.25) is 5.13 Å². The van der Waals surface area contributed by atoms with Gasteiger partial charge in [0.05, 0.1) is 12.2 Å². The van der Waals surface area contributed by atoms with E-state index in [1.165, 1.54) is 0 Å². The predicted molar refractivity (Wildman–Crippen MR) is 60.1 cm³/mol. The van der Waals surface area contributed by atoms with Crippen LogP contribution in [0.5, 0.6) is 0 Å². The molecule has 0 spiro atoms. The smallest absolute Gasteiger partial charge is 0.205 e. The van der Waals surface area contributed by atoms with Gasteiger partial charge in [-0.25, -0.2) is 0 Å². The van der Waals surface area contributed by atoms with E-state index in [2.05, 4.69) is 20.6 Å². The SMILES string of the molecule is CCNc1nnc(Cn2ccc(C)n2)s1. The van der Waals surface area contributed by atoms with E-state index in [1.807, 2.05) is 30.8 Å². The van der Waals surface area contributed by atoms with Crippen molar-refractivity contribution in [3.63, 3.8) is 0 Å². The Bertz CT molecular complexity index is 433. The molecule has 15 heavy (non-hydrogen) atoms. The van der Waals surface area contributed by atoms with Crippen LogP contribution in [0, 0.1) is 6.92 Å². The van der Waals surface area contributed by atoms with Gasteiger partial charge in [0.1, 0.15) is 5.01 Å². The number of nitrogens with one attached hydrogen (secondary N) is 1. The minimum absolute atomic E-state index is 0.691. The molecule has 0 saturated carbocycles. The lowest BCUT2D eigenvalue weighted by atomic mass is 10.5. The van der Waals surface area contributed by atoms with Crippen molar-refractivity contribution >= 4 is 16.5 Å². The first-order chi connectivity index (χ1) is 7.28. The first-order valence-corrected chi connectivity index (χ1v) is 5.66. The van der Waals surface area contributed by atoms with Crippen LogP contribution in [0.25, 0.3) is 0 Å². The molecule has 2 heterocycles. The lowest BCUT2D eigenvalue weighted by Gasteiger charge is -1.95. The highest BCUT2D eigenvalue weighted by atomic mass is 32.1. The molecule has 6 heteroatoms. The van der Waals surface area contributed by atoms with Crippen LogP contribution in [0.3, 0.4) is 0 Å². The molecule has 0 aliphatic carbocycles. The zero-order chi connectivity index (χ0) is 10.7. The Kier molecular flexibility index (Phi) is 2.96. The summed E-state index contributed by atoms with van der Waals surface area (Å²) in [6.07, 6.45) is 1.95. The number of hydrogen-bond acceptors (Lipinski definition) is 5. The van der Waals surface area contributed by atoms with Crippen molar-refractivity contribution in [2.75, 3.05) is 11.9 Å². The van der Waals surface area contributed by atoms with Gasteiger partial charge >= 0.3 is 0 Å². The van der Waals surface area contributed by atoms with Crippen LogP contribution in [0.2, 0.25) is 0 Å². The van der Waals surface area contributed by atoms with Gasteiger partial charge < -0.3 is 5.32 Å². The van der Waals surface area contributed by atoms with E-state index in [9.17, 15) is 0 Å². The van der Waals surface area contributed by atoms with Gasteiger partial charge in [-0.15, -0.1) is 10.2 Å². The average Bonchev–Trinajstić information content (AvgIpc) is 2.78. The summed E-state index contributed by atoms with van der Waals surface area (Å²) in [5, 5.41) is 17.4. The maximum absolute atomic E-state index is 4.30. The van der Waals surface area contributed by atoms with Crippen LogP contribution in [-0.2, 0) is 6.54 Å². The third-order valence-electron chi connectivity index (χ3n) is 1.87. The fraction of sp³-hybridized carbons (Fsp3) is 0.444. The van der Waals surface area contributed by atoms with Crippen molar-refractivity contribution in [2.24, 2.45) is 0 Å². The van der Waals surface area contributed by atoms with Gasteiger partial charge in [0.15, 0.2) is 0 Å². The van der Waals surface area contributed by atoms with E-state index in [0.717, 1.165) is 22.4 Å². The maximum Gasteiger partial charge on any atom is 0.205 e. The molecule has 1 N–H and O–H groups in total. The third-order valence-corrected chi connectivity index (χ3v) is 2.73. The summed E-state index contributed by atoms with van der Waals surface area (Å²) in [5.74, 6) is 0. The van der Waals surface area contributed by atoms with Gasteiger partial charge in [-0.2, -0.15) is 5.10 Å². The number of hydrogen-bond donors (Lipinski definition) is 1. The summed E-state index contributed by atoms with van der Waals surface area (Å²) in [6, 6.07) is 1.98. The second kappa shape index (κ2) is 4.39. The lowest BCUT2D eigenvalue weighted by Crippen LogP contribution is -1.99. The number of aryl methyl sites for hydroxylation is 1. The van der Waals surface area contributed by atoms with E-state index < -0.39 is 0 Å². The first-order valence-electron chi connectivity index (χ1n) is 4.84. The zero-order valence-electron chi connectivity index (χ0n) is 8.77. The number of aromatic nitrogens is 4. The Hall–Kier alpha value is -1.43. The van der Waals surface area contributed by atoms with Crippen molar-refractivity contribution < 1.29 is 0 Å². The average molecular weight is 223 g/mol. The first kappa shape index (κ1) is 10.1.